The van der Waals surface area contributed by atoms with Crippen LogP contribution in [-0.2, 0) is 17.6 Å². The number of hydrogen-bond acceptors (Lipinski definition) is 6. The molecule has 1 aromatic heterocycles. The van der Waals surface area contributed by atoms with Crippen molar-refractivity contribution < 1.29 is 4.79 Å². The molecule has 0 bridgehead atoms. The van der Waals surface area contributed by atoms with Crippen LogP contribution < -0.4 is 16.4 Å². The van der Waals surface area contributed by atoms with Crippen LogP contribution in [0.25, 0.3) is 10.9 Å². The standard InChI is InChI=1S/C20H18N6O/c21-9-12-1-4-18-17(5-12)20(24-11-23-18)26-16-6-13-2-3-15(7-14(13)8-16)25-19(27)10-22/h1-5,7,11,16H,6,8,10,22H2,(H,25,27)(H,23,24,26). The summed E-state index contributed by atoms with van der Waals surface area (Å²) in [7, 11) is 0. The molecule has 134 valence electrons. The number of carbonyl (C=O) groups is 1. The van der Waals surface area contributed by atoms with Crippen LogP contribution >= 0.6 is 0 Å². The number of aromatic nitrogens is 2. The SMILES string of the molecule is N#Cc1ccc2ncnc(NC3Cc4ccc(NC(=O)CN)cc4C3)c2c1. The van der Waals surface area contributed by atoms with Crippen molar-refractivity contribution >= 4 is 28.3 Å². The summed E-state index contributed by atoms with van der Waals surface area (Å²) in [6.07, 6.45) is 3.22. The number of rotatable bonds is 4. The Bertz CT molecular complexity index is 1070. The van der Waals surface area contributed by atoms with E-state index < -0.39 is 0 Å². The van der Waals surface area contributed by atoms with Gasteiger partial charge in [-0.15, -0.1) is 0 Å². The highest BCUT2D eigenvalue weighted by Crippen LogP contribution is 2.29. The molecule has 2 aromatic carbocycles. The van der Waals surface area contributed by atoms with E-state index in [-0.39, 0.29) is 18.5 Å². The molecule has 1 aliphatic carbocycles. The van der Waals surface area contributed by atoms with Gasteiger partial charge in [-0.05, 0) is 54.3 Å². The van der Waals surface area contributed by atoms with Crippen molar-refractivity contribution in [1.29, 1.82) is 5.26 Å². The van der Waals surface area contributed by atoms with Gasteiger partial charge in [0.1, 0.15) is 12.1 Å². The van der Waals surface area contributed by atoms with Gasteiger partial charge in [0.15, 0.2) is 0 Å². The number of amides is 1. The first-order chi connectivity index (χ1) is 13.2. The molecule has 1 unspecified atom stereocenters. The van der Waals surface area contributed by atoms with Gasteiger partial charge in [-0.25, -0.2) is 9.97 Å². The first kappa shape index (κ1) is 16.9. The van der Waals surface area contributed by atoms with Crippen molar-refractivity contribution in [3.63, 3.8) is 0 Å². The van der Waals surface area contributed by atoms with Gasteiger partial charge < -0.3 is 16.4 Å². The second-order valence-electron chi connectivity index (χ2n) is 6.55. The number of anilines is 2. The maximum atomic E-state index is 11.5. The topological polar surface area (TPSA) is 117 Å². The molecule has 7 nitrogen and oxygen atoms in total. The minimum absolute atomic E-state index is 0.0350. The summed E-state index contributed by atoms with van der Waals surface area (Å²) < 4.78 is 0. The highest BCUT2D eigenvalue weighted by Gasteiger charge is 2.23. The number of nitrogens with one attached hydrogen (secondary N) is 2. The Balaban J connectivity index is 1.55. The van der Waals surface area contributed by atoms with Gasteiger partial charge in [-0.2, -0.15) is 5.26 Å². The van der Waals surface area contributed by atoms with Crippen LogP contribution in [0.3, 0.4) is 0 Å². The molecule has 3 aromatic rings. The summed E-state index contributed by atoms with van der Waals surface area (Å²) in [5.74, 6) is 0.523. The molecule has 0 radical (unpaired) electrons. The third kappa shape index (κ3) is 3.43. The molecule has 4 N–H and O–H groups in total. The molecule has 1 aliphatic rings. The minimum Gasteiger partial charge on any atom is -0.366 e. The first-order valence-corrected chi connectivity index (χ1v) is 8.69. The summed E-state index contributed by atoms with van der Waals surface area (Å²) in [5.41, 5.74) is 9.93. The van der Waals surface area contributed by atoms with E-state index in [9.17, 15) is 4.79 Å². The lowest BCUT2D eigenvalue weighted by Gasteiger charge is -2.14. The van der Waals surface area contributed by atoms with Gasteiger partial charge in [0.05, 0.1) is 23.7 Å². The lowest BCUT2D eigenvalue weighted by atomic mass is 10.1. The van der Waals surface area contributed by atoms with Crippen LogP contribution in [0.5, 0.6) is 0 Å². The number of carbonyl (C=O) groups excluding carboxylic acids is 1. The maximum absolute atomic E-state index is 11.5. The number of nitriles is 1. The quantitative estimate of drug-likeness (QED) is 0.656. The summed E-state index contributed by atoms with van der Waals surface area (Å²) >= 11 is 0. The molecule has 1 amide bonds. The molecular weight excluding hydrogens is 340 g/mol. The Kier molecular flexibility index (Phi) is 4.40. The van der Waals surface area contributed by atoms with Crippen LogP contribution in [0.15, 0.2) is 42.7 Å². The molecule has 0 fully saturated rings. The zero-order chi connectivity index (χ0) is 18.8. The van der Waals surface area contributed by atoms with Crippen LogP contribution in [0.2, 0.25) is 0 Å². The number of nitrogens with two attached hydrogens (primary N) is 1. The van der Waals surface area contributed by atoms with Crippen LogP contribution in [0, 0.1) is 11.3 Å². The van der Waals surface area contributed by atoms with Crippen molar-refractivity contribution in [3.05, 3.63) is 59.4 Å². The van der Waals surface area contributed by atoms with Crippen LogP contribution in [0.4, 0.5) is 11.5 Å². The van der Waals surface area contributed by atoms with Gasteiger partial charge in [0, 0.05) is 17.1 Å². The first-order valence-electron chi connectivity index (χ1n) is 8.69. The molecule has 7 heteroatoms. The molecule has 0 saturated carbocycles. The smallest absolute Gasteiger partial charge is 0.238 e. The maximum Gasteiger partial charge on any atom is 0.238 e. The largest absolute Gasteiger partial charge is 0.366 e. The summed E-state index contributed by atoms with van der Waals surface area (Å²) in [5, 5.41) is 16.3. The minimum atomic E-state index is -0.205. The van der Waals surface area contributed by atoms with Crippen molar-refractivity contribution in [2.45, 2.75) is 18.9 Å². The second kappa shape index (κ2) is 7.02. The molecule has 0 spiro atoms. The Labute approximate surface area is 156 Å². The highest BCUT2D eigenvalue weighted by atomic mass is 16.1. The summed E-state index contributed by atoms with van der Waals surface area (Å²) in [4.78, 5) is 20.1. The lowest BCUT2D eigenvalue weighted by Crippen LogP contribution is -2.21. The average molecular weight is 358 g/mol. The van der Waals surface area contributed by atoms with E-state index in [2.05, 4.69) is 26.7 Å². The molecule has 4 rings (SSSR count). The van der Waals surface area contributed by atoms with Gasteiger partial charge in [-0.1, -0.05) is 6.07 Å². The molecule has 0 saturated heterocycles. The highest BCUT2D eigenvalue weighted by molar-refractivity contribution is 5.92. The fourth-order valence-corrected chi connectivity index (χ4v) is 3.44. The zero-order valence-electron chi connectivity index (χ0n) is 14.6. The monoisotopic (exact) mass is 358 g/mol. The van der Waals surface area contributed by atoms with E-state index in [0.29, 0.717) is 5.56 Å². The Morgan fingerprint density at radius 1 is 1.19 bits per heavy atom. The Morgan fingerprint density at radius 2 is 2.04 bits per heavy atom. The van der Waals surface area contributed by atoms with Crippen molar-refractivity contribution in [1.82, 2.24) is 9.97 Å². The average Bonchev–Trinajstić information content (AvgIpc) is 3.09. The second-order valence-corrected chi connectivity index (χ2v) is 6.55. The molecule has 1 heterocycles. The van der Waals surface area contributed by atoms with Crippen molar-refractivity contribution in [3.8, 4) is 6.07 Å². The van der Waals surface area contributed by atoms with Gasteiger partial charge in [0.25, 0.3) is 0 Å². The molecular formula is C20H18N6O. The van der Waals surface area contributed by atoms with E-state index >= 15 is 0 Å². The molecule has 1 atom stereocenters. The number of hydrogen-bond donors (Lipinski definition) is 3. The molecule has 27 heavy (non-hydrogen) atoms. The summed E-state index contributed by atoms with van der Waals surface area (Å²) in [6.45, 7) is -0.0350. The van der Waals surface area contributed by atoms with E-state index in [1.165, 1.54) is 17.5 Å². The zero-order valence-corrected chi connectivity index (χ0v) is 14.6. The Hall–Kier alpha value is -3.50. The predicted molar refractivity (Wildman–Crippen MR) is 103 cm³/mol. The summed E-state index contributed by atoms with van der Waals surface area (Å²) in [6, 6.07) is 13.7. The van der Waals surface area contributed by atoms with Crippen molar-refractivity contribution in [2.75, 3.05) is 17.2 Å². The van der Waals surface area contributed by atoms with Gasteiger partial charge in [-0.3, -0.25) is 4.79 Å². The van der Waals surface area contributed by atoms with E-state index in [1.54, 1.807) is 12.1 Å². The van der Waals surface area contributed by atoms with E-state index in [1.807, 2.05) is 24.3 Å². The van der Waals surface area contributed by atoms with Gasteiger partial charge in [0.2, 0.25) is 5.91 Å². The van der Waals surface area contributed by atoms with Crippen LogP contribution in [-0.4, -0.2) is 28.5 Å². The number of benzene rings is 2. The predicted octanol–water partition coefficient (Wildman–Crippen LogP) is 1.98. The number of fused-ring (bicyclic) bond motifs is 2. The third-order valence-electron chi connectivity index (χ3n) is 4.71. The Morgan fingerprint density at radius 3 is 2.85 bits per heavy atom. The van der Waals surface area contributed by atoms with E-state index in [4.69, 9.17) is 11.0 Å². The fourth-order valence-electron chi connectivity index (χ4n) is 3.44. The third-order valence-corrected chi connectivity index (χ3v) is 4.71. The van der Waals surface area contributed by atoms with Gasteiger partial charge >= 0.3 is 0 Å². The normalized spacial score (nSPS) is 15.2. The fraction of sp³-hybridized carbons (Fsp3) is 0.200. The van der Waals surface area contributed by atoms with Crippen LogP contribution in [0.1, 0.15) is 16.7 Å². The molecule has 0 aliphatic heterocycles. The van der Waals surface area contributed by atoms with Crippen molar-refractivity contribution in [2.24, 2.45) is 5.73 Å². The number of nitrogens with zero attached hydrogens (tertiary/aromatic N) is 3. The lowest BCUT2D eigenvalue weighted by molar-refractivity contribution is -0.114. The van der Waals surface area contributed by atoms with E-state index in [0.717, 1.165) is 35.2 Å².